The molecule has 0 N–H and O–H groups in total. The summed E-state index contributed by atoms with van der Waals surface area (Å²) in [6.07, 6.45) is 3.56. The van der Waals surface area contributed by atoms with Crippen molar-refractivity contribution in [3.05, 3.63) is 29.0 Å². The summed E-state index contributed by atoms with van der Waals surface area (Å²) in [6.45, 7) is 8.09. The number of ether oxygens (including phenoxy) is 1. The second-order valence-electron chi connectivity index (χ2n) is 5.75. The van der Waals surface area contributed by atoms with Crippen LogP contribution in [0.15, 0.2) is 18.2 Å². The Bertz CT molecular complexity index is 515. The molecule has 1 aliphatic heterocycles. The highest BCUT2D eigenvalue weighted by molar-refractivity contribution is 6.52. The lowest BCUT2D eigenvalue weighted by Crippen LogP contribution is -2.41. The van der Waals surface area contributed by atoms with Crippen LogP contribution in [-0.4, -0.2) is 30.4 Å². The summed E-state index contributed by atoms with van der Waals surface area (Å²) in [4.78, 5) is 4.06. The third-order valence-corrected chi connectivity index (χ3v) is 4.05. The molecule has 0 spiro atoms. The lowest BCUT2D eigenvalue weighted by atomic mass is 9.89. The number of methoxy groups -OCH3 is 1. The molecule has 1 aromatic heterocycles. The van der Waals surface area contributed by atoms with Gasteiger partial charge in [0.15, 0.2) is 10.9 Å². The summed E-state index contributed by atoms with van der Waals surface area (Å²) >= 11 is 5.89. The third-order valence-electron chi connectivity index (χ3n) is 3.77. The van der Waals surface area contributed by atoms with Gasteiger partial charge in [-0.2, -0.15) is 0 Å². The third kappa shape index (κ3) is 3.00. The van der Waals surface area contributed by atoms with Crippen LogP contribution in [0.4, 0.5) is 0 Å². The predicted octanol–water partition coefficient (Wildman–Crippen LogP) is 3.39. The molecule has 0 radical (unpaired) electrons. The minimum Gasteiger partial charge on any atom is -0.494 e. The fourth-order valence-electron chi connectivity index (χ4n) is 1.83. The van der Waals surface area contributed by atoms with E-state index in [9.17, 15) is 0 Å². The van der Waals surface area contributed by atoms with Crippen LogP contribution in [0.1, 0.15) is 33.3 Å². The van der Waals surface area contributed by atoms with E-state index in [1.807, 2.05) is 45.8 Å². The van der Waals surface area contributed by atoms with Crippen LogP contribution >= 0.6 is 11.6 Å². The first-order chi connectivity index (χ1) is 9.25. The number of pyridine rings is 1. The molecule has 108 valence electrons. The number of hydrogen-bond donors (Lipinski definition) is 0. The zero-order valence-corrected chi connectivity index (χ0v) is 13.2. The van der Waals surface area contributed by atoms with E-state index in [1.165, 1.54) is 0 Å². The van der Waals surface area contributed by atoms with Gasteiger partial charge in [-0.1, -0.05) is 23.7 Å². The summed E-state index contributed by atoms with van der Waals surface area (Å²) < 4.78 is 16.9. The second kappa shape index (κ2) is 5.39. The first-order valence-electron chi connectivity index (χ1n) is 6.48. The fourth-order valence-corrected chi connectivity index (χ4v) is 2.01. The molecule has 0 amide bonds. The zero-order valence-electron chi connectivity index (χ0n) is 12.4. The molecule has 1 fully saturated rings. The second-order valence-corrected chi connectivity index (χ2v) is 6.10. The van der Waals surface area contributed by atoms with Crippen molar-refractivity contribution < 1.29 is 14.0 Å². The quantitative estimate of drug-likeness (QED) is 0.633. The molecule has 2 heterocycles. The van der Waals surface area contributed by atoms with E-state index in [1.54, 1.807) is 13.3 Å². The van der Waals surface area contributed by atoms with Crippen LogP contribution in [-0.2, 0) is 9.31 Å². The van der Waals surface area contributed by atoms with Gasteiger partial charge >= 0.3 is 7.12 Å². The Morgan fingerprint density at radius 2 is 1.85 bits per heavy atom. The van der Waals surface area contributed by atoms with E-state index in [-0.39, 0.29) is 18.3 Å². The van der Waals surface area contributed by atoms with E-state index < -0.39 is 0 Å². The normalized spacial score (nSPS) is 20.6. The molecule has 0 aliphatic carbocycles. The Kier molecular flexibility index (Phi) is 4.14. The number of hydrogen-bond acceptors (Lipinski definition) is 4. The van der Waals surface area contributed by atoms with Crippen molar-refractivity contribution in [2.45, 2.75) is 38.9 Å². The van der Waals surface area contributed by atoms with Gasteiger partial charge in [0, 0.05) is 6.20 Å². The van der Waals surface area contributed by atoms with Crippen LogP contribution in [0.2, 0.25) is 5.15 Å². The Hall–Kier alpha value is -1.04. The van der Waals surface area contributed by atoms with Crippen LogP contribution < -0.4 is 4.74 Å². The monoisotopic (exact) mass is 295 g/mol. The Morgan fingerprint density at radius 3 is 2.40 bits per heavy atom. The molecule has 4 nitrogen and oxygen atoms in total. The molecular formula is C14H19BClNO3. The van der Waals surface area contributed by atoms with Gasteiger partial charge in [-0.25, -0.2) is 4.98 Å². The lowest BCUT2D eigenvalue weighted by molar-refractivity contribution is 0.00578. The maximum Gasteiger partial charge on any atom is 0.487 e. The highest BCUT2D eigenvalue weighted by Gasteiger charge is 2.49. The van der Waals surface area contributed by atoms with Crippen molar-refractivity contribution in [3.8, 4) is 5.75 Å². The maximum atomic E-state index is 5.89. The molecular weight excluding hydrogens is 276 g/mol. The number of aromatic nitrogens is 1. The molecule has 0 saturated carbocycles. The Labute approximate surface area is 125 Å². The van der Waals surface area contributed by atoms with Crippen molar-refractivity contribution in [1.82, 2.24) is 4.98 Å². The van der Waals surface area contributed by atoms with Crippen molar-refractivity contribution in [1.29, 1.82) is 0 Å². The molecule has 20 heavy (non-hydrogen) atoms. The molecule has 0 bridgehead atoms. The van der Waals surface area contributed by atoms with Gasteiger partial charge in [-0.3, -0.25) is 0 Å². The van der Waals surface area contributed by atoms with E-state index in [2.05, 4.69) is 4.98 Å². The van der Waals surface area contributed by atoms with Gasteiger partial charge in [0.05, 0.1) is 18.3 Å². The highest BCUT2D eigenvalue weighted by atomic mass is 35.5. The molecule has 0 unspecified atom stereocenters. The largest absolute Gasteiger partial charge is 0.494 e. The van der Waals surface area contributed by atoms with Crippen molar-refractivity contribution in [2.75, 3.05) is 7.11 Å². The fraction of sp³-hybridized carbons (Fsp3) is 0.500. The van der Waals surface area contributed by atoms with Gasteiger partial charge in [0.25, 0.3) is 0 Å². The molecule has 1 aliphatic rings. The molecule has 0 atom stereocenters. The average molecular weight is 296 g/mol. The SMILES string of the molecule is COc1cc(/C=C/B2OC(C)(C)C(C)(C)O2)cnc1Cl. The van der Waals surface area contributed by atoms with Gasteiger partial charge in [-0.05, 0) is 39.3 Å². The van der Waals surface area contributed by atoms with Crippen molar-refractivity contribution >= 4 is 24.8 Å². The van der Waals surface area contributed by atoms with Crippen molar-refractivity contribution in [2.24, 2.45) is 0 Å². The molecule has 2 rings (SSSR count). The maximum absolute atomic E-state index is 5.89. The first kappa shape index (κ1) is 15.4. The number of halogens is 1. The summed E-state index contributed by atoms with van der Waals surface area (Å²) in [6, 6.07) is 1.82. The Balaban J connectivity index is 2.12. The average Bonchev–Trinajstić information content (AvgIpc) is 2.57. The van der Waals surface area contributed by atoms with Crippen molar-refractivity contribution in [3.63, 3.8) is 0 Å². The van der Waals surface area contributed by atoms with E-state index in [0.29, 0.717) is 10.9 Å². The topological polar surface area (TPSA) is 40.6 Å². The van der Waals surface area contributed by atoms with Crippen LogP contribution in [0.3, 0.4) is 0 Å². The molecule has 1 aromatic rings. The van der Waals surface area contributed by atoms with Crippen LogP contribution in [0.25, 0.3) is 6.08 Å². The minimum atomic E-state index is -0.373. The van der Waals surface area contributed by atoms with Crippen LogP contribution in [0, 0.1) is 0 Å². The first-order valence-corrected chi connectivity index (χ1v) is 6.86. The minimum absolute atomic E-state index is 0.335. The lowest BCUT2D eigenvalue weighted by Gasteiger charge is -2.32. The number of rotatable bonds is 3. The standard InChI is InChI=1S/C14H19BClNO3/c1-13(2)14(3,4)20-15(19-13)7-6-10-8-11(18-5)12(16)17-9-10/h6-9H,1-5H3/b7-6+. The molecule has 0 aromatic carbocycles. The highest BCUT2D eigenvalue weighted by Crippen LogP contribution is 2.37. The summed E-state index contributed by atoms with van der Waals surface area (Å²) in [5, 5.41) is 0.347. The molecule has 1 saturated heterocycles. The summed E-state index contributed by atoms with van der Waals surface area (Å²) in [5.41, 5.74) is 0.205. The van der Waals surface area contributed by atoms with E-state index >= 15 is 0 Å². The van der Waals surface area contributed by atoms with Gasteiger partial charge in [0.2, 0.25) is 0 Å². The summed E-state index contributed by atoms with van der Waals surface area (Å²) in [7, 11) is 1.19. The number of nitrogens with zero attached hydrogens (tertiary/aromatic N) is 1. The van der Waals surface area contributed by atoms with Gasteiger partial charge in [-0.15, -0.1) is 0 Å². The summed E-state index contributed by atoms with van der Waals surface area (Å²) in [5.74, 6) is 2.41. The molecule has 6 heteroatoms. The van der Waals surface area contributed by atoms with E-state index in [0.717, 1.165) is 5.56 Å². The van der Waals surface area contributed by atoms with Crippen LogP contribution in [0.5, 0.6) is 5.75 Å². The predicted molar refractivity (Wildman–Crippen MR) is 80.9 cm³/mol. The Morgan fingerprint density at radius 1 is 1.25 bits per heavy atom. The van der Waals surface area contributed by atoms with Gasteiger partial charge in [0.1, 0.15) is 0 Å². The smallest absolute Gasteiger partial charge is 0.487 e. The zero-order chi connectivity index (χ0) is 15.0. The van der Waals surface area contributed by atoms with E-state index in [4.69, 9.17) is 25.6 Å². The van der Waals surface area contributed by atoms with Gasteiger partial charge < -0.3 is 14.0 Å².